The molecule has 208 valence electrons. The van der Waals surface area contributed by atoms with E-state index in [-0.39, 0.29) is 5.75 Å². The molecule has 1 heterocycles. The molecule has 38 heavy (non-hydrogen) atoms. The Morgan fingerprint density at radius 3 is 2.11 bits per heavy atom. The highest BCUT2D eigenvalue weighted by molar-refractivity contribution is 7.92. The van der Waals surface area contributed by atoms with Crippen LogP contribution in [0.4, 0.5) is 0 Å². The number of amides is 1. The van der Waals surface area contributed by atoms with Gasteiger partial charge in [0, 0.05) is 10.0 Å². The van der Waals surface area contributed by atoms with Crippen molar-refractivity contribution < 1.29 is 27.9 Å². The average molecular weight is 585 g/mol. The quantitative estimate of drug-likeness (QED) is 0.422. The lowest BCUT2D eigenvalue weighted by atomic mass is 9.82. The van der Waals surface area contributed by atoms with E-state index in [1.807, 2.05) is 20.8 Å². The van der Waals surface area contributed by atoms with Gasteiger partial charge >= 0.3 is 5.97 Å². The van der Waals surface area contributed by atoms with E-state index in [9.17, 15) is 23.1 Å². The van der Waals surface area contributed by atoms with Crippen LogP contribution in [-0.2, 0) is 24.2 Å². The van der Waals surface area contributed by atoms with Gasteiger partial charge in [0.1, 0.15) is 12.2 Å². The van der Waals surface area contributed by atoms with Crippen molar-refractivity contribution in [1.29, 1.82) is 0 Å². The Bertz CT molecular complexity index is 1280. The van der Waals surface area contributed by atoms with Gasteiger partial charge in [0.2, 0.25) is 0 Å². The van der Waals surface area contributed by atoms with Gasteiger partial charge in [0.25, 0.3) is 5.91 Å². The van der Waals surface area contributed by atoms with E-state index in [1.165, 1.54) is 4.90 Å². The van der Waals surface area contributed by atoms with Gasteiger partial charge in [-0.1, -0.05) is 68.2 Å². The molecule has 4 atom stereocenters. The minimum absolute atomic E-state index is 0.308. The first-order chi connectivity index (χ1) is 17.4. The summed E-state index contributed by atoms with van der Waals surface area (Å²) in [4.78, 5) is 27.4. The third-order valence-electron chi connectivity index (χ3n) is 6.82. The highest BCUT2D eigenvalue weighted by Gasteiger charge is 2.51. The standard InChI is InChI=1S/C28H35Cl2NO6S/c1-27(2,3)22(16-38(35,36)28(4,5)6)31-24(17-10-12-19(29)13-11-17)25(18-8-7-9-20(30)14-18)37-21(26(31)34)15-23(32)33/h7-14,21-22,24-25H,15-16H2,1-6H3,(H,32,33)/t21-,22+,24?,25+/m0/s1. The third-order valence-corrected chi connectivity index (χ3v) is 9.93. The number of aliphatic carboxylic acids is 1. The van der Waals surface area contributed by atoms with Crippen LogP contribution in [0.1, 0.15) is 71.2 Å². The second-order valence-corrected chi connectivity index (χ2v) is 15.4. The number of rotatable bonds is 7. The maximum Gasteiger partial charge on any atom is 0.306 e. The van der Waals surface area contributed by atoms with Gasteiger partial charge in [-0.05, 0) is 61.6 Å². The van der Waals surface area contributed by atoms with Gasteiger partial charge in [0.05, 0.1) is 29.0 Å². The number of hydrogen-bond donors (Lipinski definition) is 1. The van der Waals surface area contributed by atoms with Crippen LogP contribution in [0, 0.1) is 5.41 Å². The molecule has 0 spiro atoms. The molecule has 7 nitrogen and oxygen atoms in total. The van der Waals surface area contributed by atoms with Crippen molar-refractivity contribution in [1.82, 2.24) is 4.90 Å². The summed E-state index contributed by atoms with van der Waals surface area (Å²) in [7, 11) is -3.69. The fourth-order valence-electron chi connectivity index (χ4n) is 4.55. The van der Waals surface area contributed by atoms with Crippen molar-refractivity contribution in [3.05, 3.63) is 69.7 Å². The predicted molar refractivity (Wildman–Crippen MR) is 149 cm³/mol. The topological polar surface area (TPSA) is 101 Å². The first kappa shape index (κ1) is 30.4. The molecule has 1 aliphatic heterocycles. The highest BCUT2D eigenvalue weighted by Crippen LogP contribution is 2.47. The maximum atomic E-state index is 14.1. The number of carboxylic acid groups (broad SMARTS) is 1. The van der Waals surface area contributed by atoms with E-state index < -0.39 is 62.6 Å². The molecule has 1 aliphatic rings. The number of sulfone groups is 1. The van der Waals surface area contributed by atoms with Crippen molar-refractivity contribution in [3.8, 4) is 0 Å². The molecule has 2 aromatic carbocycles. The van der Waals surface area contributed by atoms with Crippen molar-refractivity contribution >= 4 is 44.9 Å². The van der Waals surface area contributed by atoms with E-state index in [2.05, 4.69) is 0 Å². The zero-order valence-electron chi connectivity index (χ0n) is 22.4. The lowest BCUT2D eigenvalue weighted by Crippen LogP contribution is -2.60. The van der Waals surface area contributed by atoms with Crippen molar-refractivity contribution in [2.45, 2.75) is 77.0 Å². The van der Waals surface area contributed by atoms with E-state index >= 15 is 0 Å². The molecular weight excluding hydrogens is 549 g/mol. The number of carbonyl (C=O) groups is 2. The summed E-state index contributed by atoms with van der Waals surface area (Å²) in [6.07, 6.45) is -2.70. The number of benzene rings is 2. The van der Waals surface area contributed by atoms with Gasteiger partial charge < -0.3 is 14.7 Å². The van der Waals surface area contributed by atoms with Crippen LogP contribution in [0.5, 0.6) is 0 Å². The number of nitrogens with zero attached hydrogens (tertiary/aromatic N) is 1. The average Bonchev–Trinajstić information content (AvgIpc) is 2.78. The summed E-state index contributed by atoms with van der Waals surface area (Å²) in [5, 5.41) is 10.5. The summed E-state index contributed by atoms with van der Waals surface area (Å²) in [5.74, 6) is -2.08. The predicted octanol–water partition coefficient (Wildman–Crippen LogP) is 6.11. The third kappa shape index (κ3) is 6.71. The SMILES string of the molecule is CC(C)(C)[C@@H](CS(=O)(=O)C(C)(C)C)N1C(=O)[C@H](CC(=O)O)O[C@H](c2cccc(Cl)c2)C1c1ccc(Cl)cc1. The Balaban J connectivity index is 2.30. The lowest BCUT2D eigenvalue weighted by Gasteiger charge is -2.51. The molecule has 10 heteroatoms. The molecule has 1 N–H and O–H groups in total. The summed E-state index contributed by atoms with van der Waals surface area (Å²) in [6, 6.07) is 12.3. The summed E-state index contributed by atoms with van der Waals surface area (Å²) in [6.45, 7) is 10.5. The molecule has 1 saturated heterocycles. The number of hydrogen-bond acceptors (Lipinski definition) is 5. The molecule has 0 saturated carbocycles. The summed E-state index contributed by atoms with van der Waals surface area (Å²) >= 11 is 12.5. The Hall–Kier alpha value is -2.13. The van der Waals surface area contributed by atoms with E-state index in [1.54, 1.807) is 69.3 Å². The Morgan fingerprint density at radius 2 is 1.61 bits per heavy atom. The number of halogens is 2. The summed E-state index contributed by atoms with van der Waals surface area (Å²) < 4.78 is 32.2. The van der Waals surface area contributed by atoms with Gasteiger partial charge in [0.15, 0.2) is 9.84 Å². The number of ether oxygens (including phenoxy) is 1. The first-order valence-corrected chi connectivity index (χ1v) is 14.8. The van der Waals surface area contributed by atoms with Crippen molar-refractivity contribution in [2.75, 3.05) is 5.75 Å². The highest BCUT2D eigenvalue weighted by atomic mass is 35.5. The molecular formula is C28H35Cl2NO6S. The smallest absolute Gasteiger partial charge is 0.306 e. The Labute approximate surface area is 235 Å². The van der Waals surface area contributed by atoms with Gasteiger partial charge in [-0.15, -0.1) is 0 Å². The maximum absolute atomic E-state index is 14.1. The molecule has 1 unspecified atom stereocenters. The molecule has 0 aliphatic carbocycles. The Kier molecular flexibility index (Phi) is 8.93. The lowest BCUT2D eigenvalue weighted by molar-refractivity contribution is -0.186. The molecule has 0 bridgehead atoms. The van der Waals surface area contributed by atoms with Crippen LogP contribution < -0.4 is 0 Å². The van der Waals surface area contributed by atoms with Crippen molar-refractivity contribution in [2.24, 2.45) is 5.41 Å². The zero-order valence-corrected chi connectivity index (χ0v) is 24.8. The molecule has 1 amide bonds. The van der Waals surface area contributed by atoms with Crippen LogP contribution >= 0.6 is 23.2 Å². The monoisotopic (exact) mass is 583 g/mol. The van der Waals surface area contributed by atoms with Gasteiger partial charge in [-0.2, -0.15) is 0 Å². The first-order valence-electron chi connectivity index (χ1n) is 12.3. The van der Waals surface area contributed by atoms with Crippen molar-refractivity contribution in [3.63, 3.8) is 0 Å². The van der Waals surface area contributed by atoms with Crippen LogP contribution in [0.15, 0.2) is 48.5 Å². The fraction of sp³-hybridized carbons (Fsp3) is 0.500. The van der Waals surface area contributed by atoms with Crippen LogP contribution in [0.3, 0.4) is 0 Å². The fourth-order valence-corrected chi connectivity index (χ4v) is 6.45. The minimum Gasteiger partial charge on any atom is -0.481 e. The van der Waals surface area contributed by atoms with Crippen LogP contribution in [0.25, 0.3) is 0 Å². The van der Waals surface area contributed by atoms with Crippen LogP contribution in [0.2, 0.25) is 10.0 Å². The number of carboxylic acids is 1. The normalized spacial score (nSPS) is 21.8. The van der Waals surface area contributed by atoms with E-state index in [0.717, 1.165) is 0 Å². The van der Waals surface area contributed by atoms with Gasteiger partial charge in [-0.3, -0.25) is 9.59 Å². The molecule has 0 radical (unpaired) electrons. The zero-order chi connectivity index (χ0) is 28.6. The number of carbonyl (C=O) groups excluding carboxylic acids is 1. The number of morpholine rings is 1. The second-order valence-electron chi connectivity index (χ2n) is 11.7. The Morgan fingerprint density at radius 1 is 1.00 bits per heavy atom. The largest absolute Gasteiger partial charge is 0.481 e. The molecule has 3 rings (SSSR count). The summed E-state index contributed by atoms with van der Waals surface area (Å²) in [5.41, 5.74) is 0.614. The molecule has 1 fully saturated rings. The van der Waals surface area contributed by atoms with E-state index in [0.29, 0.717) is 21.2 Å². The second kappa shape index (κ2) is 11.2. The van der Waals surface area contributed by atoms with Gasteiger partial charge in [-0.25, -0.2) is 8.42 Å². The van der Waals surface area contributed by atoms with E-state index in [4.69, 9.17) is 27.9 Å². The minimum atomic E-state index is -3.69. The van der Waals surface area contributed by atoms with Crippen LogP contribution in [-0.4, -0.2) is 52.9 Å². The molecule has 0 aromatic heterocycles. The molecule has 2 aromatic rings.